The van der Waals surface area contributed by atoms with Crippen LogP contribution in [0.25, 0.3) is 0 Å². The van der Waals surface area contributed by atoms with Crippen LogP contribution in [0, 0.1) is 12.3 Å². The summed E-state index contributed by atoms with van der Waals surface area (Å²) in [6.07, 6.45) is 7.62. The minimum Gasteiger partial charge on any atom is -0.382 e. The van der Waals surface area contributed by atoms with Crippen LogP contribution in [0.4, 0.5) is 0 Å². The molecule has 1 aliphatic carbocycles. The van der Waals surface area contributed by atoms with E-state index >= 15 is 0 Å². The molecule has 1 aliphatic rings. The maximum absolute atomic E-state index is 4.95. The van der Waals surface area contributed by atoms with Crippen LogP contribution in [0.1, 0.15) is 6.42 Å². The van der Waals surface area contributed by atoms with Crippen molar-refractivity contribution in [3.8, 4) is 0 Å². The Balaban J connectivity index is 2.16. The molecule has 1 unspecified atom stereocenters. The second-order valence-corrected chi connectivity index (χ2v) is 2.07. The largest absolute Gasteiger partial charge is 0.382 e. The van der Waals surface area contributed by atoms with Gasteiger partial charge >= 0.3 is 0 Å². The second-order valence-electron chi connectivity index (χ2n) is 2.07. The molecular formula is C7H11O+. The van der Waals surface area contributed by atoms with Gasteiger partial charge in [0.05, 0.1) is 25.0 Å². The lowest BCUT2D eigenvalue weighted by Gasteiger charge is -1.96. The quantitative estimate of drug-likeness (QED) is 0.489. The Labute approximate surface area is 50.3 Å². The summed E-state index contributed by atoms with van der Waals surface area (Å²) in [5.41, 5.74) is 0. The number of ether oxygens (including phenoxy) is 1. The van der Waals surface area contributed by atoms with Gasteiger partial charge in [-0.25, -0.2) is 0 Å². The van der Waals surface area contributed by atoms with Crippen molar-refractivity contribution in [1.82, 2.24) is 0 Å². The van der Waals surface area contributed by atoms with Crippen LogP contribution >= 0.6 is 0 Å². The molecular weight excluding hydrogens is 100 g/mol. The van der Waals surface area contributed by atoms with Crippen LogP contribution in [-0.2, 0) is 4.74 Å². The van der Waals surface area contributed by atoms with Gasteiger partial charge in [0.15, 0.2) is 0 Å². The van der Waals surface area contributed by atoms with E-state index in [4.69, 9.17) is 4.74 Å². The van der Waals surface area contributed by atoms with Gasteiger partial charge in [0.1, 0.15) is 0 Å². The number of hydrogen-bond acceptors (Lipinski definition) is 1. The molecule has 0 N–H and O–H groups in total. The molecule has 0 amide bonds. The Morgan fingerprint density at radius 3 is 3.25 bits per heavy atom. The lowest BCUT2D eigenvalue weighted by Crippen LogP contribution is -2.00. The van der Waals surface area contributed by atoms with Gasteiger partial charge in [-0.3, -0.25) is 0 Å². The normalized spacial score (nSPS) is 25.9. The highest BCUT2D eigenvalue weighted by Gasteiger charge is 2.15. The van der Waals surface area contributed by atoms with Gasteiger partial charge in [-0.2, -0.15) is 0 Å². The summed E-state index contributed by atoms with van der Waals surface area (Å²) in [6, 6.07) is 0. The van der Waals surface area contributed by atoms with E-state index in [2.05, 4.69) is 18.6 Å². The maximum atomic E-state index is 4.95. The van der Waals surface area contributed by atoms with E-state index in [1.807, 2.05) is 0 Å². The fourth-order valence-electron chi connectivity index (χ4n) is 0.905. The average molecular weight is 111 g/mol. The van der Waals surface area contributed by atoms with Crippen LogP contribution in [0.5, 0.6) is 0 Å². The van der Waals surface area contributed by atoms with Gasteiger partial charge in [-0.15, -0.1) is 0 Å². The van der Waals surface area contributed by atoms with Crippen LogP contribution in [0.3, 0.4) is 0 Å². The minimum atomic E-state index is 0.653. The topological polar surface area (TPSA) is 9.23 Å². The first-order valence-corrected chi connectivity index (χ1v) is 2.92. The molecule has 0 heterocycles. The number of rotatable bonds is 2. The van der Waals surface area contributed by atoms with E-state index in [1.54, 1.807) is 7.11 Å². The molecule has 1 nitrogen and oxygen atoms in total. The Morgan fingerprint density at radius 1 is 1.88 bits per heavy atom. The lowest BCUT2D eigenvalue weighted by atomic mass is 10.1. The van der Waals surface area contributed by atoms with Crippen molar-refractivity contribution < 1.29 is 4.74 Å². The van der Waals surface area contributed by atoms with Gasteiger partial charge in [0, 0.05) is 19.6 Å². The molecule has 1 atom stereocenters. The lowest BCUT2D eigenvalue weighted by molar-refractivity contribution is 0.172. The molecule has 1 heteroatoms. The Bertz CT molecular complexity index is 86.4. The Morgan fingerprint density at radius 2 is 2.75 bits per heavy atom. The van der Waals surface area contributed by atoms with E-state index in [0.29, 0.717) is 5.92 Å². The van der Waals surface area contributed by atoms with Gasteiger partial charge in [0.2, 0.25) is 0 Å². The molecule has 0 bridgehead atoms. The molecule has 0 aliphatic heterocycles. The fraction of sp³-hybridized carbons (Fsp3) is 0.571. The first kappa shape index (κ1) is 5.70. The summed E-state index contributed by atoms with van der Waals surface area (Å²) in [5, 5.41) is 0. The summed E-state index contributed by atoms with van der Waals surface area (Å²) in [5.74, 6) is 0.653. The van der Waals surface area contributed by atoms with Crippen molar-refractivity contribution >= 4 is 0 Å². The van der Waals surface area contributed by atoms with Gasteiger partial charge in [-0.1, -0.05) is 0 Å². The van der Waals surface area contributed by atoms with Crippen molar-refractivity contribution in [1.29, 1.82) is 0 Å². The van der Waals surface area contributed by atoms with Crippen LogP contribution in [-0.4, -0.2) is 13.7 Å². The van der Waals surface area contributed by atoms with Crippen molar-refractivity contribution in [3.63, 3.8) is 0 Å². The average Bonchev–Trinajstić information content (AvgIpc) is 2.19. The number of hydrogen-bond donors (Lipinski definition) is 0. The first-order chi connectivity index (χ1) is 3.93. The van der Waals surface area contributed by atoms with E-state index in [0.717, 1.165) is 13.0 Å². The highest BCUT2D eigenvalue weighted by molar-refractivity contribution is 5.07. The summed E-state index contributed by atoms with van der Waals surface area (Å²) >= 11 is 0. The molecule has 0 radical (unpaired) electrons. The first-order valence-electron chi connectivity index (χ1n) is 2.92. The second kappa shape index (κ2) is 2.78. The highest BCUT2D eigenvalue weighted by Crippen LogP contribution is 2.15. The Kier molecular flexibility index (Phi) is 1.98. The zero-order chi connectivity index (χ0) is 5.82. The van der Waals surface area contributed by atoms with Crippen LogP contribution in [0.15, 0.2) is 12.2 Å². The minimum absolute atomic E-state index is 0.653. The third-order valence-corrected chi connectivity index (χ3v) is 1.34. The number of allylic oxidation sites excluding steroid dienone is 1. The van der Waals surface area contributed by atoms with Crippen LogP contribution < -0.4 is 0 Å². The predicted octanol–water partition coefficient (Wildman–Crippen LogP) is 1.41. The molecule has 1 rings (SSSR count). The van der Waals surface area contributed by atoms with Crippen molar-refractivity contribution in [2.24, 2.45) is 5.92 Å². The van der Waals surface area contributed by atoms with Crippen molar-refractivity contribution in [3.05, 3.63) is 18.6 Å². The summed E-state index contributed by atoms with van der Waals surface area (Å²) in [6.45, 7) is 0.868. The van der Waals surface area contributed by atoms with Gasteiger partial charge in [-0.05, 0) is 0 Å². The Hall–Kier alpha value is -0.430. The molecule has 0 spiro atoms. The van der Waals surface area contributed by atoms with Gasteiger partial charge < -0.3 is 4.74 Å². The standard InChI is InChI=1S/C7H11O/c1-8-6-7-4-2-3-5-7/h2-4,7H,5-6H2,1H3/q+1. The van der Waals surface area contributed by atoms with E-state index in [9.17, 15) is 0 Å². The zero-order valence-corrected chi connectivity index (χ0v) is 5.13. The van der Waals surface area contributed by atoms with Crippen molar-refractivity contribution in [2.45, 2.75) is 6.42 Å². The highest BCUT2D eigenvalue weighted by atomic mass is 16.5. The summed E-state index contributed by atoms with van der Waals surface area (Å²) < 4.78 is 4.95. The summed E-state index contributed by atoms with van der Waals surface area (Å²) in [4.78, 5) is 0. The van der Waals surface area contributed by atoms with E-state index < -0.39 is 0 Å². The molecule has 0 aromatic rings. The third-order valence-electron chi connectivity index (χ3n) is 1.34. The SMILES string of the molecule is COCC1C=C[CH+]C1. The van der Waals surface area contributed by atoms with Crippen molar-refractivity contribution in [2.75, 3.05) is 13.7 Å². The fourth-order valence-corrected chi connectivity index (χ4v) is 0.905. The molecule has 0 aromatic heterocycles. The van der Waals surface area contributed by atoms with Gasteiger partial charge in [0.25, 0.3) is 0 Å². The monoisotopic (exact) mass is 111 g/mol. The summed E-state index contributed by atoms with van der Waals surface area (Å²) in [7, 11) is 1.74. The molecule has 0 saturated carbocycles. The van der Waals surface area contributed by atoms with E-state index in [-0.39, 0.29) is 0 Å². The molecule has 0 saturated heterocycles. The zero-order valence-electron chi connectivity index (χ0n) is 5.13. The molecule has 0 aromatic carbocycles. The molecule has 44 valence electrons. The van der Waals surface area contributed by atoms with E-state index in [1.165, 1.54) is 0 Å². The predicted molar refractivity (Wildman–Crippen MR) is 33.4 cm³/mol. The third kappa shape index (κ3) is 1.27. The smallest absolute Gasteiger partial charge is 0.0898 e. The molecule has 8 heavy (non-hydrogen) atoms. The number of methoxy groups -OCH3 is 1. The van der Waals surface area contributed by atoms with Crippen LogP contribution in [0.2, 0.25) is 0 Å². The maximum Gasteiger partial charge on any atom is 0.0898 e. The molecule has 0 fully saturated rings.